The van der Waals surface area contributed by atoms with E-state index in [0.29, 0.717) is 18.8 Å². The lowest BCUT2D eigenvalue weighted by atomic mass is 10.0. The Labute approximate surface area is 174 Å². The number of carbonyl (C=O) groups excluding carboxylic acids is 2. The number of ether oxygens (including phenoxy) is 2. The van der Waals surface area contributed by atoms with E-state index in [-0.39, 0.29) is 37.0 Å². The quantitative estimate of drug-likeness (QED) is 0.517. The van der Waals surface area contributed by atoms with Crippen LogP contribution in [0.5, 0.6) is 0 Å². The van der Waals surface area contributed by atoms with E-state index in [9.17, 15) is 14.7 Å². The van der Waals surface area contributed by atoms with Crippen LogP contribution in [0, 0.1) is 12.8 Å². The minimum Gasteiger partial charge on any atom is -0.389 e. The maximum absolute atomic E-state index is 12.8. The SMILES string of the molecule is Cc1ccc(C(=O)N[C@H](C(=O)N(C)C[C@H](O)COCCOC(C)C)C(C)C)cc1. The summed E-state index contributed by atoms with van der Waals surface area (Å²) in [5.74, 6) is -0.636. The molecule has 0 spiro atoms. The summed E-state index contributed by atoms with van der Waals surface area (Å²) >= 11 is 0. The third kappa shape index (κ3) is 9.39. The van der Waals surface area contributed by atoms with Crippen molar-refractivity contribution >= 4 is 11.8 Å². The average Bonchev–Trinajstić information content (AvgIpc) is 2.65. The topological polar surface area (TPSA) is 88.1 Å². The fourth-order valence-corrected chi connectivity index (χ4v) is 2.70. The Balaban J connectivity index is 2.54. The minimum absolute atomic E-state index is 0.0964. The summed E-state index contributed by atoms with van der Waals surface area (Å²) < 4.78 is 10.8. The molecule has 7 heteroatoms. The Hall–Kier alpha value is -1.96. The van der Waals surface area contributed by atoms with Crippen LogP contribution in [0.25, 0.3) is 0 Å². The molecule has 0 unspecified atom stereocenters. The first-order valence-corrected chi connectivity index (χ1v) is 10.1. The molecule has 1 aromatic carbocycles. The Kier molecular flexibility index (Phi) is 10.9. The van der Waals surface area contributed by atoms with Gasteiger partial charge in [0.1, 0.15) is 6.04 Å². The van der Waals surface area contributed by atoms with E-state index in [1.807, 2.05) is 46.8 Å². The number of aliphatic hydroxyl groups excluding tert-OH is 1. The van der Waals surface area contributed by atoms with Crippen LogP contribution in [0.1, 0.15) is 43.6 Å². The largest absolute Gasteiger partial charge is 0.389 e. The molecule has 0 bridgehead atoms. The van der Waals surface area contributed by atoms with Gasteiger partial charge in [-0.2, -0.15) is 0 Å². The monoisotopic (exact) mass is 408 g/mol. The zero-order valence-electron chi connectivity index (χ0n) is 18.5. The first-order chi connectivity index (χ1) is 13.6. The maximum atomic E-state index is 12.8. The van der Waals surface area contributed by atoms with Crippen molar-refractivity contribution in [3.8, 4) is 0 Å². The van der Waals surface area contributed by atoms with Crippen molar-refractivity contribution in [2.24, 2.45) is 5.92 Å². The van der Waals surface area contributed by atoms with E-state index in [4.69, 9.17) is 9.47 Å². The van der Waals surface area contributed by atoms with Gasteiger partial charge in [0.05, 0.1) is 32.0 Å². The lowest BCUT2D eigenvalue weighted by Crippen LogP contribution is -2.51. The molecule has 2 atom stereocenters. The highest BCUT2D eigenvalue weighted by Gasteiger charge is 2.28. The third-order valence-electron chi connectivity index (χ3n) is 4.38. The van der Waals surface area contributed by atoms with E-state index in [0.717, 1.165) is 5.56 Å². The Bertz CT molecular complexity index is 631. The number of hydrogen-bond donors (Lipinski definition) is 2. The van der Waals surface area contributed by atoms with Crippen molar-refractivity contribution in [3.63, 3.8) is 0 Å². The molecule has 0 saturated heterocycles. The standard InChI is InChI=1S/C22H36N2O5/c1-15(2)20(23-21(26)18-9-7-17(5)8-10-18)22(27)24(6)13-19(25)14-28-11-12-29-16(3)4/h7-10,15-16,19-20,25H,11-14H2,1-6H3,(H,23,26)/t19-,20-/m0/s1. The van der Waals surface area contributed by atoms with Gasteiger partial charge in [0.15, 0.2) is 0 Å². The molecule has 2 N–H and O–H groups in total. The fourth-order valence-electron chi connectivity index (χ4n) is 2.70. The molecule has 0 aliphatic rings. The molecule has 0 saturated carbocycles. The highest BCUT2D eigenvalue weighted by Crippen LogP contribution is 2.09. The van der Waals surface area contributed by atoms with Gasteiger partial charge in [-0.15, -0.1) is 0 Å². The van der Waals surface area contributed by atoms with E-state index in [1.54, 1.807) is 19.2 Å². The van der Waals surface area contributed by atoms with E-state index in [2.05, 4.69) is 5.32 Å². The molecule has 0 fully saturated rings. The van der Waals surface area contributed by atoms with E-state index in [1.165, 1.54) is 4.90 Å². The second-order valence-electron chi connectivity index (χ2n) is 7.93. The zero-order valence-corrected chi connectivity index (χ0v) is 18.5. The molecule has 0 radical (unpaired) electrons. The number of nitrogens with zero attached hydrogens (tertiary/aromatic N) is 1. The van der Waals surface area contributed by atoms with Gasteiger partial charge >= 0.3 is 0 Å². The van der Waals surface area contributed by atoms with Gasteiger partial charge in [0, 0.05) is 19.2 Å². The van der Waals surface area contributed by atoms with Gasteiger partial charge in [-0.1, -0.05) is 31.5 Å². The number of aryl methyl sites for hydroxylation is 1. The van der Waals surface area contributed by atoms with Crippen LogP contribution in [-0.2, 0) is 14.3 Å². The highest BCUT2D eigenvalue weighted by molar-refractivity contribution is 5.97. The number of benzene rings is 1. The summed E-state index contributed by atoms with van der Waals surface area (Å²) in [6.45, 7) is 10.7. The van der Waals surface area contributed by atoms with E-state index >= 15 is 0 Å². The van der Waals surface area contributed by atoms with Crippen molar-refractivity contribution in [2.75, 3.05) is 33.4 Å². The van der Waals surface area contributed by atoms with Gasteiger partial charge in [-0.05, 0) is 38.8 Å². The molecule has 0 aliphatic heterocycles. The Morgan fingerprint density at radius 3 is 2.28 bits per heavy atom. The first-order valence-electron chi connectivity index (χ1n) is 10.1. The number of likely N-dealkylation sites (N-methyl/N-ethyl adjacent to an activating group) is 1. The van der Waals surface area contributed by atoms with Crippen LogP contribution in [0.3, 0.4) is 0 Å². The average molecular weight is 409 g/mol. The minimum atomic E-state index is -0.816. The van der Waals surface area contributed by atoms with Crippen molar-refractivity contribution in [2.45, 2.75) is 52.9 Å². The molecule has 2 amide bonds. The molecule has 0 aliphatic carbocycles. The first kappa shape index (κ1) is 25.1. The third-order valence-corrected chi connectivity index (χ3v) is 4.38. The molecule has 29 heavy (non-hydrogen) atoms. The lowest BCUT2D eigenvalue weighted by molar-refractivity contribution is -0.134. The van der Waals surface area contributed by atoms with Gasteiger partial charge in [-0.3, -0.25) is 9.59 Å². The molecular weight excluding hydrogens is 372 g/mol. The fraction of sp³-hybridized carbons (Fsp3) is 0.636. The van der Waals surface area contributed by atoms with Crippen LogP contribution >= 0.6 is 0 Å². The van der Waals surface area contributed by atoms with Gasteiger partial charge in [-0.25, -0.2) is 0 Å². The van der Waals surface area contributed by atoms with Crippen molar-refractivity contribution in [3.05, 3.63) is 35.4 Å². The molecule has 1 rings (SSSR count). The summed E-state index contributed by atoms with van der Waals surface area (Å²) in [5.41, 5.74) is 1.57. The smallest absolute Gasteiger partial charge is 0.251 e. The highest BCUT2D eigenvalue weighted by atomic mass is 16.5. The summed E-state index contributed by atoms with van der Waals surface area (Å²) in [4.78, 5) is 26.8. The molecule has 1 aromatic rings. The second-order valence-corrected chi connectivity index (χ2v) is 7.93. The summed E-state index contributed by atoms with van der Waals surface area (Å²) in [7, 11) is 1.61. The Morgan fingerprint density at radius 1 is 1.10 bits per heavy atom. The van der Waals surface area contributed by atoms with Gasteiger partial charge < -0.3 is 24.8 Å². The molecule has 164 valence electrons. The van der Waals surface area contributed by atoms with Crippen molar-refractivity contribution in [1.82, 2.24) is 10.2 Å². The molecule has 0 aromatic heterocycles. The second kappa shape index (κ2) is 12.6. The normalized spacial score (nSPS) is 13.4. The molecule has 7 nitrogen and oxygen atoms in total. The summed E-state index contributed by atoms with van der Waals surface area (Å²) in [6.07, 6.45) is -0.682. The predicted molar refractivity (Wildman–Crippen MR) is 113 cm³/mol. The number of carbonyl (C=O) groups is 2. The van der Waals surface area contributed by atoms with Crippen LogP contribution in [0.15, 0.2) is 24.3 Å². The zero-order chi connectivity index (χ0) is 22.0. The maximum Gasteiger partial charge on any atom is 0.251 e. The Morgan fingerprint density at radius 2 is 1.72 bits per heavy atom. The van der Waals surface area contributed by atoms with Crippen molar-refractivity contribution < 1.29 is 24.2 Å². The van der Waals surface area contributed by atoms with Crippen LogP contribution in [0.4, 0.5) is 0 Å². The van der Waals surface area contributed by atoms with Crippen LogP contribution in [0.2, 0.25) is 0 Å². The summed E-state index contributed by atoms with van der Waals surface area (Å²) in [6, 6.07) is 6.51. The van der Waals surface area contributed by atoms with Crippen molar-refractivity contribution in [1.29, 1.82) is 0 Å². The van der Waals surface area contributed by atoms with Gasteiger partial charge in [0.2, 0.25) is 5.91 Å². The number of amides is 2. The van der Waals surface area contributed by atoms with E-state index < -0.39 is 12.1 Å². The van der Waals surface area contributed by atoms with Gasteiger partial charge in [0.25, 0.3) is 5.91 Å². The number of rotatable bonds is 12. The lowest BCUT2D eigenvalue weighted by Gasteiger charge is -2.28. The van der Waals surface area contributed by atoms with Crippen LogP contribution in [-0.4, -0.2) is 73.5 Å². The molecular formula is C22H36N2O5. The predicted octanol–water partition coefficient (Wildman–Crippen LogP) is 2.01. The number of hydrogen-bond acceptors (Lipinski definition) is 5. The molecule has 0 heterocycles. The van der Waals surface area contributed by atoms with Crippen LogP contribution < -0.4 is 5.32 Å². The summed E-state index contributed by atoms with van der Waals surface area (Å²) in [5, 5.41) is 13.0. The number of nitrogens with one attached hydrogen (secondary N) is 1. The number of aliphatic hydroxyl groups is 1.